The molecule has 1 aromatic rings. The maximum absolute atomic E-state index is 6.73. The molecule has 0 unspecified atom stereocenters. The molecule has 0 aliphatic rings. The molecule has 0 aliphatic carbocycles. The Hall–Kier alpha value is -1.42. The van der Waals surface area contributed by atoms with Crippen LogP contribution in [0.3, 0.4) is 0 Å². The molecule has 4 heteroatoms. The van der Waals surface area contributed by atoms with Crippen LogP contribution in [0.5, 0.6) is 17.2 Å². The number of rotatable bonds is 53. The fraction of sp³-hybridized carbons (Fsp3) is 0.902. The Bertz CT molecular complexity index is 1040. The SMILES string of the molecule is CCCCCCCCCCCCCCCCOc1cc(C[N+](CC)(CC)CC)cc(OCCCCCCCCCCCCCCCC)c1OCCCCCCCCCCCCCCCC. The van der Waals surface area contributed by atoms with Crippen molar-refractivity contribution < 1.29 is 18.7 Å². The lowest BCUT2D eigenvalue weighted by Gasteiger charge is -2.36. The van der Waals surface area contributed by atoms with Crippen LogP contribution in [0.4, 0.5) is 0 Å². The Morgan fingerprint density at radius 3 is 0.723 bits per heavy atom. The van der Waals surface area contributed by atoms with E-state index in [0.717, 1.165) is 87.0 Å². The number of hydrogen-bond donors (Lipinski definition) is 0. The second-order valence-electron chi connectivity index (χ2n) is 20.7. The van der Waals surface area contributed by atoms with E-state index in [1.165, 1.54) is 256 Å². The second kappa shape index (κ2) is 47.6. The highest BCUT2D eigenvalue weighted by molar-refractivity contribution is 5.54. The maximum Gasteiger partial charge on any atom is 0.203 e. The number of ether oxygens (including phenoxy) is 3. The van der Waals surface area contributed by atoms with Gasteiger partial charge in [0.1, 0.15) is 6.54 Å². The number of benzene rings is 1. The Kier molecular flexibility index (Phi) is 45.1. The highest BCUT2D eigenvalue weighted by atomic mass is 16.5. The van der Waals surface area contributed by atoms with E-state index in [2.05, 4.69) is 53.7 Å². The molecule has 0 saturated heterocycles. The van der Waals surface area contributed by atoms with Crippen molar-refractivity contribution in [1.29, 1.82) is 0 Å². The van der Waals surface area contributed by atoms with Crippen LogP contribution in [-0.2, 0) is 6.54 Å². The van der Waals surface area contributed by atoms with Crippen LogP contribution < -0.4 is 14.2 Å². The van der Waals surface area contributed by atoms with E-state index < -0.39 is 0 Å². The van der Waals surface area contributed by atoms with Gasteiger partial charge in [-0.15, -0.1) is 0 Å². The van der Waals surface area contributed by atoms with Crippen molar-refractivity contribution in [2.75, 3.05) is 39.5 Å². The molecule has 65 heavy (non-hydrogen) atoms. The Labute approximate surface area is 409 Å². The van der Waals surface area contributed by atoms with Crippen molar-refractivity contribution in [1.82, 2.24) is 0 Å². The molecule has 0 N–H and O–H groups in total. The van der Waals surface area contributed by atoms with E-state index in [-0.39, 0.29) is 0 Å². The van der Waals surface area contributed by atoms with E-state index >= 15 is 0 Å². The lowest BCUT2D eigenvalue weighted by Crippen LogP contribution is -2.46. The van der Waals surface area contributed by atoms with Crippen molar-refractivity contribution >= 4 is 0 Å². The van der Waals surface area contributed by atoms with E-state index in [9.17, 15) is 0 Å². The van der Waals surface area contributed by atoms with Crippen LogP contribution in [0.1, 0.15) is 317 Å². The molecule has 0 spiro atoms. The molecule has 0 aliphatic heterocycles. The van der Waals surface area contributed by atoms with Gasteiger partial charge in [0.25, 0.3) is 0 Å². The normalized spacial score (nSPS) is 11.8. The van der Waals surface area contributed by atoms with Crippen LogP contribution in [-0.4, -0.2) is 43.9 Å². The summed E-state index contributed by atoms with van der Waals surface area (Å²) in [7, 11) is 0. The second-order valence-corrected chi connectivity index (χ2v) is 20.7. The molecular weight excluding hydrogens is 795 g/mol. The Morgan fingerprint density at radius 1 is 0.277 bits per heavy atom. The summed E-state index contributed by atoms with van der Waals surface area (Å²) in [6.07, 6.45) is 57.6. The first-order chi connectivity index (χ1) is 32.1. The Morgan fingerprint density at radius 2 is 0.492 bits per heavy atom. The topological polar surface area (TPSA) is 27.7 Å². The minimum Gasteiger partial charge on any atom is -0.490 e. The van der Waals surface area contributed by atoms with Crippen molar-refractivity contribution in [3.8, 4) is 17.2 Å². The summed E-state index contributed by atoms with van der Waals surface area (Å²) < 4.78 is 21.3. The molecule has 1 aromatic carbocycles. The highest BCUT2D eigenvalue weighted by Gasteiger charge is 2.24. The molecule has 1 rings (SSSR count). The molecule has 0 atom stereocenters. The monoisotopic (exact) mass is 913 g/mol. The molecular formula is C61H118NO3+. The summed E-state index contributed by atoms with van der Waals surface area (Å²) in [5.74, 6) is 2.70. The van der Waals surface area contributed by atoms with Crippen molar-refractivity contribution in [2.24, 2.45) is 0 Å². The van der Waals surface area contributed by atoms with Gasteiger partial charge in [-0.2, -0.15) is 0 Å². The molecule has 4 nitrogen and oxygen atoms in total. The van der Waals surface area contributed by atoms with Crippen LogP contribution in [0.2, 0.25) is 0 Å². The van der Waals surface area contributed by atoms with Crippen molar-refractivity contribution in [3.05, 3.63) is 17.7 Å². The van der Waals surface area contributed by atoms with Crippen LogP contribution >= 0.6 is 0 Å². The summed E-state index contributed by atoms with van der Waals surface area (Å²) in [4.78, 5) is 0. The zero-order valence-electron chi connectivity index (χ0n) is 45.5. The van der Waals surface area contributed by atoms with Crippen molar-refractivity contribution in [3.63, 3.8) is 0 Å². The predicted molar refractivity (Wildman–Crippen MR) is 289 cm³/mol. The minimum absolute atomic E-state index is 0.737. The summed E-state index contributed by atoms with van der Waals surface area (Å²) in [6.45, 7) is 20.6. The van der Waals surface area contributed by atoms with Crippen molar-refractivity contribution in [2.45, 2.75) is 318 Å². The summed E-state index contributed by atoms with van der Waals surface area (Å²) in [5.41, 5.74) is 1.33. The van der Waals surface area contributed by atoms with Gasteiger partial charge in [-0.1, -0.05) is 271 Å². The third kappa shape index (κ3) is 36.3. The minimum atomic E-state index is 0.737. The van der Waals surface area contributed by atoms with Gasteiger partial charge in [-0.05, 0) is 52.2 Å². The largest absolute Gasteiger partial charge is 0.490 e. The molecule has 0 saturated carbocycles. The fourth-order valence-electron chi connectivity index (χ4n) is 9.90. The molecule has 384 valence electrons. The van der Waals surface area contributed by atoms with Crippen LogP contribution in [0, 0.1) is 0 Å². The van der Waals surface area contributed by atoms with Gasteiger partial charge < -0.3 is 18.7 Å². The standard InChI is InChI=1S/C61H118NO3/c1-7-13-16-19-22-25-28-31-34-37-40-43-46-49-52-63-59-55-58(57-62(10-4,11-5)12-6)56-60(64-53-50-47-44-41-38-35-32-29-26-23-20-17-14-8-2)61(59)65-54-51-48-45-42-39-36-33-30-27-24-21-18-15-9-3/h55-56H,7-54,57H2,1-6H3/q+1. The third-order valence-corrected chi connectivity index (χ3v) is 14.9. The van der Waals surface area contributed by atoms with Gasteiger partial charge in [-0.25, -0.2) is 0 Å². The predicted octanol–water partition coefficient (Wildman–Crippen LogP) is 20.6. The van der Waals surface area contributed by atoms with E-state index in [1.54, 1.807) is 0 Å². The average Bonchev–Trinajstić information content (AvgIpc) is 3.32. The van der Waals surface area contributed by atoms with Crippen LogP contribution in [0.15, 0.2) is 12.1 Å². The Balaban J connectivity index is 2.74. The van der Waals surface area contributed by atoms with Crippen LogP contribution in [0.25, 0.3) is 0 Å². The van der Waals surface area contributed by atoms with Gasteiger partial charge in [0.15, 0.2) is 11.5 Å². The highest BCUT2D eigenvalue weighted by Crippen LogP contribution is 2.40. The fourth-order valence-corrected chi connectivity index (χ4v) is 9.90. The zero-order chi connectivity index (χ0) is 47.0. The van der Waals surface area contributed by atoms with E-state index in [4.69, 9.17) is 14.2 Å². The average molecular weight is 914 g/mol. The number of hydrogen-bond acceptors (Lipinski definition) is 3. The first-order valence-corrected chi connectivity index (χ1v) is 30.0. The van der Waals surface area contributed by atoms with Gasteiger partial charge in [-0.3, -0.25) is 0 Å². The summed E-state index contributed by atoms with van der Waals surface area (Å²) in [5, 5.41) is 0. The van der Waals surface area contributed by atoms with Gasteiger partial charge >= 0.3 is 0 Å². The zero-order valence-corrected chi connectivity index (χ0v) is 45.5. The molecule has 0 radical (unpaired) electrons. The molecule has 0 amide bonds. The first kappa shape index (κ1) is 61.6. The third-order valence-electron chi connectivity index (χ3n) is 14.9. The quantitative estimate of drug-likeness (QED) is 0.0481. The summed E-state index contributed by atoms with van der Waals surface area (Å²) in [6, 6.07) is 4.63. The lowest BCUT2D eigenvalue weighted by atomic mass is 10.0. The number of quaternary nitrogens is 1. The lowest BCUT2D eigenvalue weighted by molar-refractivity contribution is -0.936. The first-order valence-electron chi connectivity index (χ1n) is 30.0. The maximum atomic E-state index is 6.73. The molecule has 0 bridgehead atoms. The van der Waals surface area contributed by atoms with E-state index in [1.807, 2.05) is 0 Å². The number of unbranched alkanes of at least 4 members (excludes halogenated alkanes) is 39. The summed E-state index contributed by atoms with van der Waals surface area (Å²) >= 11 is 0. The van der Waals surface area contributed by atoms with E-state index in [0.29, 0.717) is 0 Å². The smallest absolute Gasteiger partial charge is 0.203 e. The molecule has 0 heterocycles. The number of nitrogens with zero attached hydrogens (tertiary/aromatic N) is 1. The van der Waals surface area contributed by atoms with Gasteiger partial charge in [0.2, 0.25) is 5.75 Å². The molecule has 0 aromatic heterocycles. The van der Waals surface area contributed by atoms with Gasteiger partial charge in [0, 0.05) is 5.56 Å². The molecule has 0 fully saturated rings. The van der Waals surface area contributed by atoms with Gasteiger partial charge in [0.05, 0.1) is 39.5 Å².